The number of carbonyl (C=O) groups is 2. The first-order valence-electron chi connectivity index (χ1n) is 8.84. The Bertz CT molecular complexity index is 700. The summed E-state index contributed by atoms with van der Waals surface area (Å²) >= 11 is 1.58. The fourth-order valence-electron chi connectivity index (χ4n) is 2.29. The Hall–Kier alpha value is -2.27. The van der Waals surface area contributed by atoms with Crippen LogP contribution < -0.4 is 10.6 Å². The van der Waals surface area contributed by atoms with Crippen molar-refractivity contribution in [2.45, 2.75) is 26.0 Å². The van der Waals surface area contributed by atoms with Crippen LogP contribution in [0.25, 0.3) is 0 Å². The van der Waals surface area contributed by atoms with E-state index in [1.54, 1.807) is 11.8 Å². The minimum Gasteiger partial charge on any atom is -0.355 e. The van der Waals surface area contributed by atoms with Gasteiger partial charge in [0.25, 0.3) is 5.91 Å². The van der Waals surface area contributed by atoms with Gasteiger partial charge in [-0.2, -0.15) is 0 Å². The molecule has 5 heteroatoms. The van der Waals surface area contributed by atoms with Crippen molar-refractivity contribution in [1.82, 2.24) is 5.32 Å². The number of hydrogen-bond acceptors (Lipinski definition) is 3. The Labute approximate surface area is 159 Å². The second-order valence-corrected chi connectivity index (χ2v) is 7.53. The molecule has 2 aromatic rings. The van der Waals surface area contributed by atoms with Gasteiger partial charge in [0.1, 0.15) is 0 Å². The number of thioether (sulfide) groups is 1. The molecule has 2 aromatic carbocycles. The Morgan fingerprint density at radius 3 is 2.35 bits per heavy atom. The van der Waals surface area contributed by atoms with Crippen molar-refractivity contribution in [2.24, 2.45) is 5.92 Å². The second-order valence-electron chi connectivity index (χ2n) is 6.54. The van der Waals surface area contributed by atoms with E-state index in [1.165, 1.54) is 0 Å². The van der Waals surface area contributed by atoms with Gasteiger partial charge < -0.3 is 10.6 Å². The number of carbonyl (C=O) groups excluding carboxylic acids is 2. The number of rotatable bonds is 9. The summed E-state index contributed by atoms with van der Waals surface area (Å²) in [5, 5.41) is 5.80. The molecule has 0 unspecified atom stereocenters. The molecule has 0 heterocycles. The minimum atomic E-state index is -0.125. The number of nitrogens with one attached hydrogen (secondary N) is 2. The smallest absolute Gasteiger partial charge is 0.255 e. The predicted molar refractivity (Wildman–Crippen MR) is 109 cm³/mol. The topological polar surface area (TPSA) is 58.2 Å². The average molecular weight is 371 g/mol. The summed E-state index contributed by atoms with van der Waals surface area (Å²) in [6.07, 6.45) is 1.00. The van der Waals surface area contributed by atoms with Crippen molar-refractivity contribution in [3.63, 3.8) is 0 Å². The zero-order valence-corrected chi connectivity index (χ0v) is 16.1. The second kappa shape index (κ2) is 10.7. The molecule has 2 amide bonds. The van der Waals surface area contributed by atoms with E-state index in [-0.39, 0.29) is 11.8 Å². The lowest BCUT2D eigenvalue weighted by atomic mass is 10.1. The fraction of sp³-hybridized carbons (Fsp3) is 0.333. The van der Waals surface area contributed by atoms with E-state index >= 15 is 0 Å². The number of hydrogen-bond donors (Lipinski definition) is 2. The van der Waals surface area contributed by atoms with Gasteiger partial charge in [0.2, 0.25) is 5.91 Å². The van der Waals surface area contributed by atoms with Gasteiger partial charge in [0.05, 0.1) is 5.75 Å². The number of benzene rings is 2. The van der Waals surface area contributed by atoms with Gasteiger partial charge in [0, 0.05) is 23.5 Å². The maximum atomic E-state index is 12.2. The molecule has 0 radical (unpaired) electrons. The summed E-state index contributed by atoms with van der Waals surface area (Å²) in [5.74, 6) is 1.75. The van der Waals surface area contributed by atoms with Crippen LogP contribution in [0, 0.1) is 5.92 Å². The normalized spacial score (nSPS) is 10.6. The maximum absolute atomic E-state index is 12.2. The SMILES string of the molecule is CC(C)CCNC(=O)CSCc1ccc(C(=O)Nc2ccccc2)cc1. The van der Waals surface area contributed by atoms with Gasteiger partial charge in [0.15, 0.2) is 0 Å². The number of para-hydroxylation sites is 1. The number of anilines is 1. The molecule has 26 heavy (non-hydrogen) atoms. The van der Waals surface area contributed by atoms with Crippen LogP contribution in [0.3, 0.4) is 0 Å². The van der Waals surface area contributed by atoms with Crippen LogP contribution in [0.1, 0.15) is 36.2 Å². The molecule has 138 valence electrons. The van der Waals surface area contributed by atoms with Gasteiger partial charge in [-0.3, -0.25) is 9.59 Å². The summed E-state index contributed by atoms with van der Waals surface area (Å²) in [4.78, 5) is 24.0. The summed E-state index contributed by atoms with van der Waals surface area (Å²) in [7, 11) is 0. The highest BCUT2D eigenvalue weighted by atomic mass is 32.2. The summed E-state index contributed by atoms with van der Waals surface area (Å²) < 4.78 is 0. The third-order valence-electron chi connectivity index (χ3n) is 3.79. The third kappa shape index (κ3) is 7.31. The molecule has 0 aliphatic heterocycles. The Morgan fingerprint density at radius 1 is 1.00 bits per heavy atom. The van der Waals surface area contributed by atoms with Crippen LogP contribution in [0.2, 0.25) is 0 Å². The molecular weight excluding hydrogens is 344 g/mol. The molecule has 0 atom stereocenters. The molecule has 0 spiro atoms. The molecule has 4 nitrogen and oxygen atoms in total. The summed E-state index contributed by atoms with van der Waals surface area (Å²) in [6, 6.07) is 16.9. The van der Waals surface area contributed by atoms with E-state index in [9.17, 15) is 9.59 Å². The van der Waals surface area contributed by atoms with E-state index in [1.807, 2.05) is 54.6 Å². The van der Waals surface area contributed by atoms with Crippen molar-refractivity contribution < 1.29 is 9.59 Å². The number of amides is 2. The Morgan fingerprint density at radius 2 is 1.69 bits per heavy atom. The van der Waals surface area contributed by atoms with Crippen LogP contribution in [-0.2, 0) is 10.5 Å². The standard InChI is InChI=1S/C21H26N2O2S/c1-16(2)12-13-22-20(24)15-26-14-17-8-10-18(11-9-17)21(25)23-19-6-4-3-5-7-19/h3-11,16H,12-15H2,1-2H3,(H,22,24)(H,23,25). The van der Waals surface area contributed by atoms with Crippen molar-refractivity contribution >= 4 is 29.3 Å². The highest BCUT2D eigenvalue weighted by molar-refractivity contribution is 7.99. The van der Waals surface area contributed by atoms with Gasteiger partial charge in [-0.25, -0.2) is 0 Å². The first kappa shape index (κ1) is 20.0. The zero-order chi connectivity index (χ0) is 18.8. The van der Waals surface area contributed by atoms with Crippen molar-refractivity contribution in [1.29, 1.82) is 0 Å². The van der Waals surface area contributed by atoms with Gasteiger partial charge in [-0.05, 0) is 42.2 Å². The average Bonchev–Trinajstić information content (AvgIpc) is 2.63. The first-order chi connectivity index (χ1) is 12.5. The maximum Gasteiger partial charge on any atom is 0.255 e. The van der Waals surface area contributed by atoms with Crippen LogP contribution in [-0.4, -0.2) is 24.1 Å². The van der Waals surface area contributed by atoms with Crippen molar-refractivity contribution in [3.8, 4) is 0 Å². The molecule has 0 aliphatic rings. The summed E-state index contributed by atoms with van der Waals surface area (Å²) in [5.41, 5.74) is 2.50. The molecule has 0 fully saturated rings. The predicted octanol–water partition coefficient (Wildman–Crippen LogP) is 4.33. The minimum absolute atomic E-state index is 0.0782. The Balaban J connectivity index is 1.73. The molecule has 0 aliphatic carbocycles. The van der Waals surface area contributed by atoms with E-state index in [2.05, 4.69) is 24.5 Å². The highest BCUT2D eigenvalue weighted by Gasteiger charge is 2.06. The first-order valence-corrected chi connectivity index (χ1v) is 10.00. The van der Waals surface area contributed by atoms with Crippen molar-refractivity contribution in [2.75, 3.05) is 17.6 Å². The van der Waals surface area contributed by atoms with Crippen LogP contribution in [0.5, 0.6) is 0 Å². The van der Waals surface area contributed by atoms with E-state index < -0.39 is 0 Å². The fourth-order valence-corrected chi connectivity index (χ4v) is 3.11. The van der Waals surface area contributed by atoms with E-state index in [0.29, 0.717) is 17.2 Å². The van der Waals surface area contributed by atoms with E-state index in [0.717, 1.165) is 30.0 Å². The van der Waals surface area contributed by atoms with Gasteiger partial charge in [-0.1, -0.05) is 44.2 Å². The van der Waals surface area contributed by atoms with Gasteiger partial charge in [-0.15, -0.1) is 11.8 Å². The lowest BCUT2D eigenvalue weighted by Gasteiger charge is -2.08. The lowest BCUT2D eigenvalue weighted by Crippen LogP contribution is -2.26. The molecule has 0 aromatic heterocycles. The quantitative estimate of drug-likeness (QED) is 0.690. The highest BCUT2D eigenvalue weighted by Crippen LogP contribution is 2.14. The van der Waals surface area contributed by atoms with Crippen LogP contribution in [0.4, 0.5) is 5.69 Å². The van der Waals surface area contributed by atoms with Gasteiger partial charge >= 0.3 is 0 Å². The van der Waals surface area contributed by atoms with Crippen molar-refractivity contribution in [3.05, 3.63) is 65.7 Å². The van der Waals surface area contributed by atoms with E-state index in [4.69, 9.17) is 0 Å². The van der Waals surface area contributed by atoms with Crippen LogP contribution >= 0.6 is 11.8 Å². The van der Waals surface area contributed by atoms with Crippen LogP contribution in [0.15, 0.2) is 54.6 Å². The largest absolute Gasteiger partial charge is 0.355 e. The third-order valence-corrected chi connectivity index (χ3v) is 4.80. The monoisotopic (exact) mass is 370 g/mol. The molecule has 2 rings (SSSR count). The molecule has 0 saturated heterocycles. The lowest BCUT2D eigenvalue weighted by molar-refractivity contribution is -0.118. The molecule has 0 bridgehead atoms. The molecule has 2 N–H and O–H groups in total. The summed E-state index contributed by atoms with van der Waals surface area (Å²) in [6.45, 7) is 5.03. The Kier molecular flexibility index (Phi) is 8.22. The zero-order valence-electron chi connectivity index (χ0n) is 15.3. The molecular formula is C21H26N2O2S. The molecule has 0 saturated carbocycles.